The zero-order chi connectivity index (χ0) is 24.0. The molecule has 3 N–H and O–H groups in total. The van der Waals surface area contributed by atoms with Crippen molar-refractivity contribution in [3.8, 4) is 0 Å². The SMILES string of the molecule is Cn1nnnc1SCC1=C(C(=O)O)N2C(=O)C(NC(=O)C(O)C3=C4C=COC=C4CC3)C2SC1. The summed E-state index contributed by atoms with van der Waals surface area (Å²) < 4.78 is 6.62. The predicted octanol–water partition coefficient (Wildman–Crippen LogP) is -0.0801. The van der Waals surface area contributed by atoms with E-state index in [2.05, 4.69) is 20.8 Å². The van der Waals surface area contributed by atoms with Gasteiger partial charge in [-0.3, -0.25) is 14.5 Å². The number of carboxylic acids is 1. The Hall–Kier alpha value is -3.10. The Morgan fingerprint density at radius 2 is 2.24 bits per heavy atom. The summed E-state index contributed by atoms with van der Waals surface area (Å²) in [7, 11) is 1.68. The van der Waals surface area contributed by atoms with Crippen LogP contribution in [0.1, 0.15) is 12.8 Å². The summed E-state index contributed by atoms with van der Waals surface area (Å²) >= 11 is 2.64. The molecule has 178 valence electrons. The average Bonchev–Trinajstić information content (AvgIpc) is 3.45. The molecular weight excluding hydrogens is 484 g/mol. The second-order valence-electron chi connectivity index (χ2n) is 7.95. The van der Waals surface area contributed by atoms with E-state index in [1.165, 1.54) is 39.4 Å². The lowest BCUT2D eigenvalue weighted by atomic mass is 10.0. The van der Waals surface area contributed by atoms with Crippen molar-refractivity contribution in [3.05, 3.63) is 46.6 Å². The van der Waals surface area contributed by atoms with Gasteiger partial charge in [0.2, 0.25) is 5.16 Å². The number of β-lactam (4-membered cyclic amide) rings is 1. The summed E-state index contributed by atoms with van der Waals surface area (Å²) in [6, 6.07) is -0.911. The van der Waals surface area contributed by atoms with Gasteiger partial charge in [-0.2, -0.15) is 0 Å². The Kier molecular flexibility index (Phi) is 5.95. The van der Waals surface area contributed by atoms with E-state index in [0.29, 0.717) is 40.6 Å². The Balaban J connectivity index is 1.28. The fraction of sp³-hybridized carbons (Fsp3) is 0.400. The smallest absolute Gasteiger partial charge is 0.352 e. The Bertz CT molecular complexity index is 1200. The minimum Gasteiger partial charge on any atom is -0.477 e. The number of carbonyl (C=O) groups excluding carboxylic acids is 2. The van der Waals surface area contributed by atoms with Crippen molar-refractivity contribution >= 4 is 41.3 Å². The van der Waals surface area contributed by atoms with Crippen LogP contribution in [0.2, 0.25) is 0 Å². The third kappa shape index (κ3) is 3.80. The number of aryl methyl sites for hydroxylation is 1. The standard InChI is InChI=1S/C20H20N6O6S2/c1-25-20(22-23-24-25)34-8-10-7-33-18-13(17(29)26(18)14(10)19(30)31)21-16(28)15(27)12-3-2-9-6-32-5-4-11(9)12/h4-6,13,15,18,27H,2-3,7-8H2,1H3,(H,21,28)(H,30,31). The van der Waals surface area contributed by atoms with E-state index in [-0.39, 0.29) is 5.70 Å². The number of carbonyl (C=O) groups is 3. The van der Waals surface area contributed by atoms with Crippen LogP contribution >= 0.6 is 23.5 Å². The highest BCUT2D eigenvalue weighted by Gasteiger charge is 2.54. The molecule has 1 fully saturated rings. The molecule has 1 aromatic rings. The molecule has 14 heteroatoms. The van der Waals surface area contributed by atoms with Gasteiger partial charge in [-0.15, -0.1) is 16.9 Å². The predicted molar refractivity (Wildman–Crippen MR) is 120 cm³/mol. The summed E-state index contributed by atoms with van der Waals surface area (Å²) in [6.07, 6.45) is 4.56. The second-order valence-corrected chi connectivity index (χ2v) is 10.00. The van der Waals surface area contributed by atoms with Crippen molar-refractivity contribution in [1.29, 1.82) is 0 Å². The van der Waals surface area contributed by atoms with E-state index in [1.54, 1.807) is 19.4 Å². The van der Waals surface area contributed by atoms with E-state index in [0.717, 1.165) is 11.1 Å². The summed E-state index contributed by atoms with van der Waals surface area (Å²) in [5, 5.41) is 34.2. The summed E-state index contributed by atoms with van der Waals surface area (Å²) in [4.78, 5) is 38.9. The summed E-state index contributed by atoms with van der Waals surface area (Å²) in [6.45, 7) is 0. The Morgan fingerprint density at radius 1 is 1.41 bits per heavy atom. The number of carboxylic acid groups (broad SMARTS) is 1. The number of hydrogen-bond donors (Lipinski definition) is 3. The number of aliphatic hydroxyl groups is 1. The monoisotopic (exact) mass is 504 g/mol. The first-order chi connectivity index (χ1) is 16.4. The third-order valence-electron chi connectivity index (χ3n) is 5.96. The van der Waals surface area contributed by atoms with Gasteiger partial charge in [0.1, 0.15) is 17.1 Å². The van der Waals surface area contributed by atoms with Gasteiger partial charge in [-0.05, 0) is 51.6 Å². The lowest BCUT2D eigenvalue weighted by Crippen LogP contribution is -2.71. The van der Waals surface area contributed by atoms with E-state index in [1.807, 2.05) is 0 Å². The number of thioether (sulfide) groups is 2. The molecule has 0 bridgehead atoms. The molecule has 0 aromatic carbocycles. The maximum Gasteiger partial charge on any atom is 0.352 e. The maximum absolute atomic E-state index is 12.9. The van der Waals surface area contributed by atoms with E-state index in [9.17, 15) is 24.6 Å². The van der Waals surface area contributed by atoms with Crippen LogP contribution < -0.4 is 5.32 Å². The number of ether oxygens (including phenoxy) is 1. The van der Waals surface area contributed by atoms with Gasteiger partial charge < -0.3 is 20.3 Å². The Labute approximate surface area is 201 Å². The van der Waals surface area contributed by atoms with Crippen LogP contribution in [0.5, 0.6) is 0 Å². The molecule has 12 nitrogen and oxygen atoms in total. The number of aromatic nitrogens is 4. The fourth-order valence-electron chi connectivity index (χ4n) is 4.27. The number of aliphatic hydroxyl groups excluding tert-OH is 1. The first-order valence-corrected chi connectivity index (χ1v) is 12.4. The van der Waals surface area contributed by atoms with Gasteiger partial charge in [-0.25, -0.2) is 9.48 Å². The fourth-order valence-corrected chi connectivity index (χ4v) is 6.61. The van der Waals surface area contributed by atoms with Crippen molar-refractivity contribution in [2.45, 2.75) is 35.5 Å². The molecule has 0 radical (unpaired) electrons. The summed E-state index contributed by atoms with van der Waals surface area (Å²) in [5.41, 5.74) is 2.76. The summed E-state index contributed by atoms with van der Waals surface area (Å²) in [5.74, 6) is -1.73. The molecular formula is C20H20N6O6S2. The molecule has 34 heavy (non-hydrogen) atoms. The van der Waals surface area contributed by atoms with Gasteiger partial charge in [0.25, 0.3) is 11.8 Å². The highest BCUT2D eigenvalue weighted by molar-refractivity contribution is 8.01. The van der Waals surface area contributed by atoms with E-state index < -0.39 is 35.3 Å². The number of hydrogen-bond acceptors (Lipinski definition) is 10. The number of amides is 2. The molecule has 2 amide bonds. The quantitative estimate of drug-likeness (QED) is 0.337. The minimum atomic E-state index is -1.40. The Morgan fingerprint density at radius 3 is 2.97 bits per heavy atom. The molecule has 0 spiro atoms. The topological polar surface area (TPSA) is 160 Å². The number of fused-ring (bicyclic) bond motifs is 2. The van der Waals surface area contributed by atoms with Gasteiger partial charge >= 0.3 is 5.97 Å². The van der Waals surface area contributed by atoms with Gasteiger partial charge in [-0.1, -0.05) is 11.8 Å². The van der Waals surface area contributed by atoms with Crippen molar-refractivity contribution < 1.29 is 29.3 Å². The van der Waals surface area contributed by atoms with Gasteiger partial charge in [0.15, 0.2) is 6.10 Å². The lowest BCUT2D eigenvalue weighted by molar-refractivity contribution is -0.151. The highest BCUT2D eigenvalue weighted by atomic mass is 32.2. The van der Waals surface area contributed by atoms with Crippen molar-refractivity contribution in [2.75, 3.05) is 11.5 Å². The molecule has 1 aromatic heterocycles. The van der Waals surface area contributed by atoms with Gasteiger partial charge in [0, 0.05) is 18.6 Å². The van der Waals surface area contributed by atoms with Crippen LogP contribution in [0.3, 0.4) is 0 Å². The van der Waals surface area contributed by atoms with Gasteiger partial charge in [0.05, 0.1) is 12.5 Å². The van der Waals surface area contributed by atoms with E-state index in [4.69, 9.17) is 4.74 Å². The molecule has 5 rings (SSSR count). The molecule has 3 atom stereocenters. The highest BCUT2D eigenvalue weighted by Crippen LogP contribution is 2.42. The average molecular weight is 505 g/mol. The number of aliphatic carboxylic acids is 1. The second kappa shape index (κ2) is 8.92. The van der Waals surface area contributed by atoms with Crippen LogP contribution in [0, 0.1) is 0 Å². The van der Waals surface area contributed by atoms with Crippen LogP contribution in [-0.2, 0) is 26.2 Å². The molecule has 4 heterocycles. The first kappa shape index (κ1) is 22.7. The maximum atomic E-state index is 12.9. The van der Waals surface area contributed by atoms with Crippen molar-refractivity contribution in [1.82, 2.24) is 30.4 Å². The van der Waals surface area contributed by atoms with E-state index >= 15 is 0 Å². The number of rotatable bonds is 7. The molecule has 3 aliphatic heterocycles. The molecule has 1 saturated heterocycles. The van der Waals surface area contributed by atoms with Crippen molar-refractivity contribution in [3.63, 3.8) is 0 Å². The molecule has 1 aliphatic carbocycles. The molecule has 0 saturated carbocycles. The number of nitrogens with zero attached hydrogens (tertiary/aromatic N) is 5. The minimum absolute atomic E-state index is 0.0785. The molecule has 4 aliphatic rings. The largest absolute Gasteiger partial charge is 0.477 e. The lowest BCUT2D eigenvalue weighted by Gasteiger charge is -2.49. The number of tetrazole rings is 1. The van der Waals surface area contributed by atoms with Crippen LogP contribution in [0.4, 0.5) is 0 Å². The van der Waals surface area contributed by atoms with Crippen LogP contribution in [0.15, 0.2) is 51.7 Å². The first-order valence-electron chi connectivity index (χ1n) is 10.3. The van der Waals surface area contributed by atoms with Crippen LogP contribution in [0.25, 0.3) is 0 Å². The molecule has 3 unspecified atom stereocenters. The third-order valence-corrected chi connectivity index (χ3v) is 8.40. The van der Waals surface area contributed by atoms with Crippen molar-refractivity contribution in [2.24, 2.45) is 7.05 Å². The number of allylic oxidation sites excluding steroid dienone is 3. The zero-order valence-corrected chi connectivity index (χ0v) is 19.5. The zero-order valence-electron chi connectivity index (χ0n) is 17.9. The normalized spacial score (nSPS) is 24.2. The number of nitrogens with one attached hydrogen (secondary N) is 1. The van der Waals surface area contributed by atoms with Crippen LogP contribution in [-0.4, -0.2) is 82.1 Å².